The molecule has 82 valence electrons. The van der Waals surface area contributed by atoms with Gasteiger partial charge in [0.1, 0.15) is 5.82 Å². The van der Waals surface area contributed by atoms with E-state index in [0.29, 0.717) is 11.1 Å². The number of fused-ring (bicyclic) bond motifs is 1. The molecule has 0 unspecified atom stereocenters. The van der Waals surface area contributed by atoms with Gasteiger partial charge in [0.05, 0.1) is 4.92 Å². The van der Waals surface area contributed by atoms with Crippen molar-refractivity contribution >= 4 is 17.0 Å². The molecular formula is C11H9FN2O2. The standard InChI is InChI=1S/C11H9FN2O2/c1-7-4-9(12)5-10-11(7)8(6-13-10)2-3-14(15)16/h2-6,13H,1H3/b3-2+. The van der Waals surface area contributed by atoms with E-state index in [4.69, 9.17) is 0 Å². The Bertz CT molecular complexity index is 587. The number of benzene rings is 1. The van der Waals surface area contributed by atoms with E-state index in [1.807, 2.05) is 0 Å². The lowest BCUT2D eigenvalue weighted by Crippen LogP contribution is -1.83. The summed E-state index contributed by atoms with van der Waals surface area (Å²) in [5.41, 5.74) is 2.07. The number of aromatic nitrogens is 1. The topological polar surface area (TPSA) is 58.9 Å². The van der Waals surface area contributed by atoms with Gasteiger partial charge in [-0.15, -0.1) is 0 Å². The van der Waals surface area contributed by atoms with Crippen molar-refractivity contribution in [3.8, 4) is 0 Å². The molecule has 2 aromatic rings. The minimum Gasteiger partial charge on any atom is -0.360 e. The number of nitrogens with zero attached hydrogens (tertiary/aromatic N) is 1. The Labute approximate surface area is 90.5 Å². The quantitative estimate of drug-likeness (QED) is 0.624. The number of aryl methyl sites for hydroxylation is 1. The van der Waals surface area contributed by atoms with Crippen LogP contribution in [0.3, 0.4) is 0 Å². The molecule has 0 spiro atoms. The summed E-state index contributed by atoms with van der Waals surface area (Å²) in [6, 6.07) is 2.77. The number of hydrogen-bond acceptors (Lipinski definition) is 2. The zero-order chi connectivity index (χ0) is 11.7. The fourth-order valence-electron chi connectivity index (χ4n) is 1.74. The maximum absolute atomic E-state index is 13.1. The van der Waals surface area contributed by atoms with Crippen LogP contribution in [0.4, 0.5) is 4.39 Å². The molecule has 1 aromatic carbocycles. The van der Waals surface area contributed by atoms with E-state index in [1.165, 1.54) is 18.2 Å². The Morgan fingerprint density at radius 3 is 2.94 bits per heavy atom. The first-order valence-electron chi connectivity index (χ1n) is 4.67. The van der Waals surface area contributed by atoms with Crippen molar-refractivity contribution in [2.75, 3.05) is 0 Å². The first kappa shape index (κ1) is 10.4. The number of rotatable bonds is 2. The van der Waals surface area contributed by atoms with E-state index in [0.717, 1.165) is 17.1 Å². The summed E-state index contributed by atoms with van der Waals surface area (Å²) in [5.74, 6) is -0.323. The summed E-state index contributed by atoms with van der Waals surface area (Å²) in [6.45, 7) is 1.77. The van der Waals surface area contributed by atoms with Crippen LogP contribution < -0.4 is 0 Å². The van der Waals surface area contributed by atoms with Crippen LogP contribution in [0.1, 0.15) is 11.1 Å². The third-order valence-electron chi connectivity index (χ3n) is 2.35. The maximum atomic E-state index is 13.1. The molecule has 2 rings (SSSR count). The van der Waals surface area contributed by atoms with Crippen LogP contribution in [0.2, 0.25) is 0 Å². The number of H-pyrrole nitrogens is 1. The second kappa shape index (κ2) is 3.77. The first-order valence-corrected chi connectivity index (χ1v) is 4.67. The molecule has 0 bridgehead atoms. The van der Waals surface area contributed by atoms with Crippen molar-refractivity contribution in [2.24, 2.45) is 0 Å². The van der Waals surface area contributed by atoms with Gasteiger partial charge in [-0.3, -0.25) is 10.1 Å². The Morgan fingerprint density at radius 1 is 1.50 bits per heavy atom. The van der Waals surface area contributed by atoms with E-state index in [2.05, 4.69) is 4.98 Å². The zero-order valence-corrected chi connectivity index (χ0v) is 8.53. The minimum atomic E-state index is -0.530. The van der Waals surface area contributed by atoms with E-state index in [1.54, 1.807) is 13.1 Å². The molecule has 0 saturated heterocycles. The summed E-state index contributed by atoms with van der Waals surface area (Å²) < 4.78 is 13.1. The molecule has 0 atom stereocenters. The molecule has 16 heavy (non-hydrogen) atoms. The van der Waals surface area contributed by atoms with Gasteiger partial charge < -0.3 is 4.98 Å². The van der Waals surface area contributed by atoms with Crippen molar-refractivity contribution in [3.05, 3.63) is 51.6 Å². The van der Waals surface area contributed by atoms with Crippen molar-refractivity contribution in [1.82, 2.24) is 4.98 Å². The van der Waals surface area contributed by atoms with E-state index in [-0.39, 0.29) is 5.82 Å². The monoisotopic (exact) mass is 220 g/mol. The van der Waals surface area contributed by atoms with Gasteiger partial charge in [0.2, 0.25) is 6.20 Å². The van der Waals surface area contributed by atoms with Crippen LogP contribution in [0.15, 0.2) is 24.5 Å². The van der Waals surface area contributed by atoms with E-state index in [9.17, 15) is 14.5 Å². The molecule has 0 radical (unpaired) electrons. The molecule has 0 aliphatic heterocycles. The van der Waals surface area contributed by atoms with Crippen molar-refractivity contribution in [1.29, 1.82) is 0 Å². The molecule has 1 heterocycles. The van der Waals surface area contributed by atoms with E-state index >= 15 is 0 Å². The number of nitro groups is 1. The van der Waals surface area contributed by atoms with Gasteiger partial charge in [-0.1, -0.05) is 0 Å². The molecule has 0 fully saturated rings. The largest absolute Gasteiger partial charge is 0.360 e. The minimum absolute atomic E-state index is 0.323. The van der Waals surface area contributed by atoms with Crippen LogP contribution in [-0.4, -0.2) is 9.91 Å². The Morgan fingerprint density at radius 2 is 2.25 bits per heavy atom. The molecule has 4 nitrogen and oxygen atoms in total. The molecule has 0 aliphatic carbocycles. The van der Waals surface area contributed by atoms with Gasteiger partial charge in [0, 0.05) is 28.7 Å². The number of halogens is 1. The summed E-state index contributed by atoms with van der Waals surface area (Å²) in [4.78, 5) is 12.6. The molecule has 1 aromatic heterocycles. The second-order valence-electron chi connectivity index (χ2n) is 3.49. The third kappa shape index (κ3) is 1.79. The lowest BCUT2D eigenvalue weighted by Gasteiger charge is -1.98. The van der Waals surface area contributed by atoms with Crippen LogP contribution in [0.5, 0.6) is 0 Å². The highest BCUT2D eigenvalue weighted by Gasteiger charge is 2.06. The molecular weight excluding hydrogens is 211 g/mol. The molecule has 0 amide bonds. The smallest absolute Gasteiger partial charge is 0.235 e. The fraction of sp³-hybridized carbons (Fsp3) is 0.0909. The Kier molecular flexibility index (Phi) is 2.44. The van der Waals surface area contributed by atoms with Crippen molar-refractivity contribution in [2.45, 2.75) is 6.92 Å². The molecule has 0 aliphatic rings. The first-order chi connectivity index (χ1) is 7.58. The van der Waals surface area contributed by atoms with Crippen LogP contribution >= 0.6 is 0 Å². The summed E-state index contributed by atoms with van der Waals surface area (Å²) in [6.07, 6.45) is 3.88. The van der Waals surface area contributed by atoms with Gasteiger partial charge >= 0.3 is 0 Å². The van der Waals surface area contributed by atoms with Crippen LogP contribution in [0.25, 0.3) is 17.0 Å². The van der Waals surface area contributed by atoms with Gasteiger partial charge in [0.25, 0.3) is 0 Å². The maximum Gasteiger partial charge on any atom is 0.235 e. The normalized spacial score (nSPS) is 11.4. The Hall–Kier alpha value is -2.17. The molecule has 0 saturated carbocycles. The zero-order valence-electron chi connectivity index (χ0n) is 8.53. The second-order valence-corrected chi connectivity index (χ2v) is 3.49. The van der Waals surface area contributed by atoms with Gasteiger partial charge in [-0.25, -0.2) is 4.39 Å². The predicted molar refractivity (Wildman–Crippen MR) is 59.0 cm³/mol. The SMILES string of the molecule is Cc1cc(F)cc2[nH]cc(/C=C/[N+](=O)[O-])c12. The Balaban J connectivity index is 2.60. The van der Waals surface area contributed by atoms with Gasteiger partial charge in [0.15, 0.2) is 0 Å². The molecule has 5 heteroatoms. The highest BCUT2D eigenvalue weighted by Crippen LogP contribution is 2.24. The number of hydrogen-bond donors (Lipinski definition) is 1. The van der Waals surface area contributed by atoms with Crippen molar-refractivity contribution in [3.63, 3.8) is 0 Å². The average Bonchev–Trinajstić information content (AvgIpc) is 2.57. The van der Waals surface area contributed by atoms with Gasteiger partial charge in [-0.2, -0.15) is 0 Å². The summed E-state index contributed by atoms with van der Waals surface area (Å²) in [5, 5.41) is 11.0. The van der Waals surface area contributed by atoms with E-state index < -0.39 is 4.92 Å². The predicted octanol–water partition coefficient (Wildman–Crippen LogP) is 2.86. The number of aromatic amines is 1. The third-order valence-corrected chi connectivity index (χ3v) is 2.35. The summed E-state index contributed by atoms with van der Waals surface area (Å²) in [7, 11) is 0. The summed E-state index contributed by atoms with van der Waals surface area (Å²) >= 11 is 0. The van der Waals surface area contributed by atoms with Crippen molar-refractivity contribution < 1.29 is 9.31 Å². The highest BCUT2D eigenvalue weighted by molar-refractivity contribution is 5.91. The van der Waals surface area contributed by atoms with Gasteiger partial charge in [-0.05, 0) is 24.6 Å². The fourth-order valence-corrected chi connectivity index (χ4v) is 1.74. The molecule has 1 N–H and O–H groups in total. The van der Waals surface area contributed by atoms with Crippen LogP contribution in [-0.2, 0) is 0 Å². The van der Waals surface area contributed by atoms with Crippen LogP contribution in [0, 0.1) is 22.9 Å². The lowest BCUT2D eigenvalue weighted by atomic mass is 10.1. The average molecular weight is 220 g/mol. The lowest BCUT2D eigenvalue weighted by molar-refractivity contribution is -0.400. The highest BCUT2D eigenvalue weighted by atomic mass is 19.1. The number of nitrogens with one attached hydrogen (secondary N) is 1.